The van der Waals surface area contributed by atoms with Crippen molar-refractivity contribution in [3.63, 3.8) is 0 Å². The lowest BCUT2D eigenvalue weighted by Crippen LogP contribution is -2.46. The molecule has 0 bridgehead atoms. The first-order valence-electron chi connectivity index (χ1n) is 11.9. The van der Waals surface area contributed by atoms with Gasteiger partial charge in [-0.1, -0.05) is 12.1 Å². The van der Waals surface area contributed by atoms with Gasteiger partial charge < -0.3 is 4.90 Å². The number of piperazine rings is 1. The first-order chi connectivity index (χ1) is 16.7. The van der Waals surface area contributed by atoms with E-state index in [-0.39, 0.29) is 0 Å². The fraction of sp³-hybridized carbons (Fsp3) is 0.385. The van der Waals surface area contributed by atoms with Gasteiger partial charge in [-0.3, -0.25) is 9.89 Å². The van der Waals surface area contributed by atoms with Crippen LogP contribution in [0.3, 0.4) is 0 Å². The van der Waals surface area contributed by atoms with Gasteiger partial charge >= 0.3 is 0 Å². The minimum absolute atomic E-state index is 0.770. The van der Waals surface area contributed by atoms with Crippen LogP contribution in [-0.2, 0) is 19.4 Å². The second kappa shape index (κ2) is 10.5. The van der Waals surface area contributed by atoms with Gasteiger partial charge in [0.15, 0.2) is 5.82 Å². The summed E-state index contributed by atoms with van der Waals surface area (Å²) in [7, 11) is 0. The number of rotatable bonds is 6. The molecule has 1 aliphatic heterocycles. The number of hydrogen-bond donors (Lipinski definition) is 0. The molecule has 1 aliphatic carbocycles. The van der Waals surface area contributed by atoms with E-state index in [9.17, 15) is 0 Å². The van der Waals surface area contributed by atoms with Crippen LogP contribution in [0.25, 0.3) is 15.8 Å². The molecule has 6 nitrogen and oxygen atoms in total. The normalized spacial score (nSPS) is 17.5. The molecule has 0 saturated carbocycles. The predicted octanol–water partition coefficient (Wildman–Crippen LogP) is 5.67. The Balaban J connectivity index is 1.45. The van der Waals surface area contributed by atoms with Crippen molar-refractivity contribution in [3.05, 3.63) is 63.1 Å². The molecule has 0 N–H and O–H groups in total. The number of thiophene rings is 1. The van der Waals surface area contributed by atoms with Gasteiger partial charge in [-0.25, -0.2) is 15.0 Å². The van der Waals surface area contributed by atoms with Crippen LogP contribution in [0, 0.1) is 0 Å². The summed E-state index contributed by atoms with van der Waals surface area (Å²) >= 11 is 5.28. The Bertz CT molecular complexity index is 1240. The van der Waals surface area contributed by atoms with Gasteiger partial charge in [0.2, 0.25) is 0 Å². The number of allylic oxidation sites excluding steroid dienone is 3. The van der Waals surface area contributed by atoms with Crippen LogP contribution in [-0.4, -0.2) is 52.7 Å². The van der Waals surface area contributed by atoms with Crippen molar-refractivity contribution in [2.24, 2.45) is 4.99 Å². The predicted molar refractivity (Wildman–Crippen MR) is 146 cm³/mol. The Morgan fingerprint density at radius 3 is 2.74 bits per heavy atom. The third-order valence-corrected chi connectivity index (χ3v) is 8.25. The zero-order valence-corrected chi connectivity index (χ0v) is 21.9. The molecule has 5 rings (SSSR count). The zero-order chi connectivity index (χ0) is 23.5. The van der Waals surface area contributed by atoms with E-state index in [4.69, 9.17) is 9.97 Å². The summed E-state index contributed by atoms with van der Waals surface area (Å²) in [5, 5.41) is 1.29. The van der Waals surface area contributed by atoms with E-state index >= 15 is 0 Å². The molecule has 4 heterocycles. The molecule has 0 unspecified atom stereocenters. The largest absolute Gasteiger partial charge is 0.353 e. The molecule has 1 saturated heterocycles. The van der Waals surface area contributed by atoms with Crippen molar-refractivity contribution < 1.29 is 0 Å². The van der Waals surface area contributed by atoms with Crippen LogP contribution in [0.4, 0.5) is 5.82 Å². The summed E-state index contributed by atoms with van der Waals surface area (Å²) in [5.41, 5.74) is 3.71. The molecular formula is C26H29BrN6S. The number of aliphatic imine (C=N–C) groups is 1. The quantitative estimate of drug-likeness (QED) is 0.231. The first-order valence-corrected chi connectivity index (χ1v) is 13.5. The van der Waals surface area contributed by atoms with Crippen molar-refractivity contribution in [3.8, 4) is 0 Å². The molecule has 3 aromatic heterocycles. The Labute approximate surface area is 213 Å². The third-order valence-electron chi connectivity index (χ3n) is 6.59. The Morgan fingerprint density at radius 2 is 2.00 bits per heavy atom. The summed E-state index contributed by atoms with van der Waals surface area (Å²) in [6, 6.07) is 4.16. The second-order valence-electron chi connectivity index (χ2n) is 8.76. The van der Waals surface area contributed by atoms with Crippen LogP contribution in [0.15, 0.2) is 46.3 Å². The molecule has 176 valence electrons. The lowest BCUT2D eigenvalue weighted by atomic mass is 9.96. The van der Waals surface area contributed by atoms with Gasteiger partial charge in [-0.2, -0.15) is 0 Å². The van der Waals surface area contributed by atoms with Crippen molar-refractivity contribution in [2.75, 3.05) is 31.1 Å². The topological polar surface area (TPSA) is 57.5 Å². The number of halogens is 1. The van der Waals surface area contributed by atoms with Gasteiger partial charge in [-0.05, 0) is 78.5 Å². The van der Waals surface area contributed by atoms with Gasteiger partial charge in [0.25, 0.3) is 0 Å². The average Bonchev–Trinajstić information content (AvgIpc) is 3.24. The Hall–Kier alpha value is -2.42. The van der Waals surface area contributed by atoms with Crippen LogP contribution >= 0.6 is 27.3 Å². The summed E-state index contributed by atoms with van der Waals surface area (Å²) in [6.07, 6.45) is 12.5. The van der Waals surface area contributed by atoms with Crippen molar-refractivity contribution in [2.45, 2.75) is 39.2 Å². The summed E-state index contributed by atoms with van der Waals surface area (Å²) in [4.78, 5) is 26.0. The van der Waals surface area contributed by atoms with E-state index < -0.39 is 0 Å². The SMILES string of the molecule is C=N/C=C\C(=C/C)c1nc(N2CCN(Cc3ccc(Br)nc3)CC2)c2c3c(sc2n1)CCCC3. The van der Waals surface area contributed by atoms with Crippen LogP contribution in [0.1, 0.15) is 41.6 Å². The zero-order valence-electron chi connectivity index (χ0n) is 19.5. The fourth-order valence-electron chi connectivity index (χ4n) is 4.80. The molecule has 34 heavy (non-hydrogen) atoms. The molecule has 0 amide bonds. The molecule has 0 atom stereocenters. The van der Waals surface area contributed by atoms with Gasteiger partial charge in [0.1, 0.15) is 15.3 Å². The number of pyridine rings is 1. The van der Waals surface area contributed by atoms with Crippen molar-refractivity contribution >= 4 is 55.6 Å². The summed E-state index contributed by atoms with van der Waals surface area (Å²) in [6.45, 7) is 10.4. The molecule has 0 aromatic carbocycles. The maximum Gasteiger partial charge on any atom is 0.162 e. The minimum atomic E-state index is 0.770. The standard InChI is InChI=1S/C26H29BrN6S/c1-3-19(10-11-28-2)24-30-25(23-20-6-4-5-7-21(20)34-26(23)31-24)33-14-12-32(13-15-33)17-18-8-9-22(27)29-16-18/h3,8-11,16H,2,4-7,12-15,17H2,1H3/b11-10-,19-3+. The van der Waals surface area contributed by atoms with Gasteiger partial charge in [0.05, 0.1) is 5.39 Å². The average molecular weight is 538 g/mol. The number of anilines is 1. The van der Waals surface area contributed by atoms with E-state index in [0.29, 0.717) is 0 Å². The highest BCUT2D eigenvalue weighted by molar-refractivity contribution is 9.10. The van der Waals surface area contributed by atoms with Gasteiger partial charge in [-0.15, -0.1) is 11.3 Å². The highest BCUT2D eigenvalue weighted by Crippen LogP contribution is 2.40. The molecule has 1 fully saturated rings. The number of fused-ring (bicyclic) bond motifs is 3. The van der Waals surface area contributed by atoms with E-state index in [1.807, 2.05) is 42.7 Å². The Kier molecular flexibility index (Phi) is 7.18. The van der Waals surface area contributed by atoms with Crippen LogP contribution < -0.4 is 4.90 Å². The first kappa shape index (κ1) is 23.3. The lowest BCUT2D eigenvalue weighted by Gasteiger charge is -2.36. The van der Waals surface area contributed by atoms with Crippen molar-refractivity contribution in [1.82, 2.24) is 19.9 Å². The Morgan fingerprint density at radius 1 is 1.18 bits per heavy atom. The third kappa shape index (κ3) is 4.85. The lowest BCUT2D eigenvalue weighted by molar-refractivity contribution is 0.249. The number of hydrogen-bond acceptors (Lipinski definition) is 7. The monoisotopic (exact) mass is 536 g/mol. The second-order valence-corrected chi connectivity index (χ2v) is 10.7. The van der Waals surface area contributed by atoms with Gasteiger partial charge in [0, 0.05) is 55.6 Å². The fourth-order valence-corrected chi connectivity index (χ4v) is 6.30. The summed E-state index contributed by atoms with van der Waals surface area (Å²) in [5.74, 6) is 1.87. The van der Waals surface area contributed by atoms with E-state index in [2.05, 4.69) is 48.5 Å². The maximum absolute atomic E-state index is 5.15. The molecule has 3 aromatic rings. The number of nitrogens with zero attached hydrogens (tertiary/aromatic N) is 6. The minimum Gasteiger partial charge on any atom is -0.353 e. The molecule has 0 spiro atoms. The molecule has 2 aliphatic rings. The van der Waals surface area contributed by atoms with E-state index in [1.165, 1.54) is 34.2 Å². The van der Waals surface area contributed by atoms with Crippen molar-refractivity contribution in [1.29, 1.82) is 0 Å². The molecule has 8 heteroatoms. The van der Waals surface area contributed by atoms with E-state index in [1.54, 1.807) is 6.20 Å². The maximum atomic E-state index is 5.15. The van der Waals surface area contributed by atoms with Crippen LogP contribution in [0.2, 0.25) is 0 Å². The molecular weight excluding hydrogens is 508 g/mol. The smallest absolute Gasteiger partial charge is 0.162 e. The number of aromatic nitrogens is 3. The van der Waals surface area contributed by atoms with Crippen LogP contribution in [0.5, 0.6) is 0 Å². The highest BCUT2D eigenvalue weighted by Gasteiger charge is 2.26. The highest BCUT2D eigenvalue weighted by atomic mass is 79.9. The van der Waals surface area contributed by atoms with E-state index in [0.717, 1.165) is 72.2 Å². The number of aryl methyl sites for hydroxylation is 2. The molecule has 0 radical (unpaired) electrons. The summed E-state index contributed by atoms with van der Waals surface area (Å²) < 4.78 is 0.878.